The summed E-state index contributed by atoms with van der Waals surface area (Å²) in [5.41, 5.74) is 0. The van der Waals surface area contributed by atoms with E-state index in [2.05, 4.69) is 18.7 Å². The van der Waals surface area contributed by atoms with Gasteiger partial charge in [0.25, 0.3) is 0 Å². The van der Waals surface area contributed by atoms with Crippen LogP contribution in [0.4, 0.5) is 0 Å². The van der Waals surface area contributed by atoms with Crippen LogP contribution in [0.5, 0.6) is 0 Å². The van der Waals surface area contributed by atoms with Crippen molar-refractivity contribution in [3.05, 3.63) is 0 Å². The second kappa shape index (κ2) is 2.95. The van der Waals surface area contributed by atoms with Crippen LogP contribution in [-0.2, 0) is 4.74 Å². The molecule has 5 unspecified atom stereocenters. The first kappa shape index (κ1) is 9.35. The van der Waals surface area contributed by atoms with Crippen molar-refractivity contribution in [3.63, 3.8) is 0 Å². The van der Waals surface area contributed by atoms with Crippen LogP contribution in [0.15, 0.2) is 0 Å². The van der Waals surface area contributed by atoms with Gasteiger partial charge < -0.3 is 4.74 Å². The first-order valence-electron chi connectivity index (χ1n) is 6.67. The Morgan fingerprint density at radius 2 is 2.07 bits per heavy atom. The van der Waals surface area contributed by atoms with E-state index >= 15 is 0 Å². The highest BCUT2D eigenvalue weighted by molar-refractivity contribution is 8.08. The summed E-state index contributed by atoms with van der Waals surface area (Å²) in [5, 5.41) is 1.04. The van der Waals surface area contributed by atoms with Crippen molar-refractivity contribution in [2.75, 3.05) is 0 Å². The minimum atomic E-state index is 0.688. The van der Waals surface area contributed by atoms with Gasteiger partial charge in [0, 0.05) is 10.00 Å². The number of hydrogen-bond acceptors (Lipinski definition) is 2. The molecule has 4 rings (SSSR count). The summed E-state index contributed by atoms with van der Waals surface area (Å²) >= 11 is 2.32. The number of thioether (sulfide) groups is 1. The Balaban J connectivity index is 1.54. The molecule has 0 spiro atoms. The molecule has 2 aliphatic carbocycles. The minimum absolute atomic E-state index is 0.688. The first-order valence-corrected chi connectivity index (χ1v) is 7.55. The van der Waals surface area contributed by atoms with E-state index in [1.807, 2.05) is 0 Å². The predicted octanol–water partition coefficient (Wildman–Crippen LogP) is 3.23. The SMILES string of the molecule is CCC12SC1CCCC2C1CC2OC2C1. The largest absolute Gasteiger partial charge is 0.370 e. The fourth-order valence-electron chi connectivity index (χ4n) is 4.45. The zero-order valence-corrected chi connectivity index (χ0v) is 10.3. The van der Waals surface area contributed by atoms with Gasteiger partial charge >= 0.3 is 0 Å². The highest BCUT2D eigenvalue weighted by atomic mass is 32.2. The zero-order chi connectivity index (χ0) is 10.0. The Hall–Kier alpha value is 0.310. The third kappa shape index (κ3) is 1.21. The van der Waals surface area contributed by atoms with E-state index in [-0.39, 0.29) is 0 Å². The van der Waals surface area contributed by atoms with Gasteiger partial charge in [-0.25, -0.2) is 0 Å². The fourth-order valence-corrected chi connectivity index (χ4v) is 6.31. The van der Waals surface area contributed by atoms with Crippen LogP contribution in [0, 0.1) is 11.8 Å². The van der Waals surface area contributed by atoms with Gasteiger partial charge in [-0.1, -0.05) is 13.3 Å². The molecule has 5 atom stereocenters. The van der Waals surface area contributed by atoms with Crippen molar-refractivity contribution in [2.45, 2.75) is 67.7 Å². The molecule has 0 N–H and O–H groups in total. The Labute approximate surface area is 96.3 Å². The second-order valence-electron chi connectivity index (χ2n) is 5.90. The Morgan fingerprint density at radius 1 is 1.27 bits per heavy atom. The quantitative estimate of drug-likeness (QED) is 0.668. The Morgan fingerprint density at radius 3 is 2.80 bits per heavy atom. The van der Waals surface area contributed by atoms with Crippen molar-refractivity contribution in [3.8, 4) is 0 Å². The molecule has 1 nitrogen and oxygen atoms in total. The first-order chi connectivity index (χ1) is 7.33. The van der Waals surface area contributed by atoms with Gasteiger partial charge in [0.1, 0.15) is 0 Å². The van der Waals surface area contributed by atoms with Gasteiger partial charge in [-0.15, -0.1) is 11.8 Å². The number of hydrogen-bond donors (Lipinski definition) is 0. The monoisotopic (exact) mass is 224 g/mol. The summed E-state index contributed by atoms with van der Waals surface area (Å²) in [4.78, 5) is 0. The highest BCUT2D eigenvalue weighted by Gasteiger charge is 2.64. The van der Waals surface area contributed by atoms with E-state index in [1.54, 1.807) is 0 Å². The molecule has 0 amide bonds. The maximum absolute atomic E-state index is 5.58. The summed E-state index contributed by atoms with van der Waals surface area (Å²) in [5.74, 6) is 2.06. The van der Waals surface area contributed by atoms with Crippen LogP contribution >= 0.6 is 11.8 Å². The molecular weight excluding hydrogens is 204 g/mol. The average Bonchev–Trinajstić information content (AvgIpc) is 3.15. The summed E-state index contributed by atoms with van der Waals surface area (Å²) in [6, 6.07) is 0. The van der Waals surface area contributed by atoms with E-state index < -0.39 is 0 Å². The lowest BCUT2D eigenvalue weighted by molar-refractivity contribution is 0.166. The maximum Gasteiger partial charge on any atom is 0.0844 e. The highest BCUT2D eigenvalue weighted by Crippen LogP contribution is 2.69. The molecule has 0 bridgehead atoms. The van der Waals surface area contributed by atoms with Crippen LogP contribution in [0.2, 0.25) is 0 Å². The standard InChI is InChI=1S/C13H20OS/c1-2-13-9(4-3-5-12(13)15-13)8-6-10-11(7-8)14-10/h8-12H,2-7H2,1H3. The number of epoxide rings is 1. The van der Waals surface area contributed by atoms with Gasteiger partial charge in [-0.05, 0) is 43.9 Å². The van der Waals surface area contributed by atoms with E-state index in [4.69, 9.17) is 4.74 Å². The van der Waals surface area contributed by atoms with Crippen molar-refractivity contribution in [1.29, 1.82) is 0 Å². The normalized spacial score (nSPS) is 61.0. The smallest absolute Gasteiger partial charge is 0.0844 e. The van der Waals surface area contributed by atoms with Crippen molar-refractivity contribution >= 4 is 11.8 Å². The molecule has 15 heavy (non-hydrogen) atoms. The number of ether oxygens (including phenoxy) is 1. The van der Waals surface area contributed by atoms with Gasteiger partial charge in [0.05, 0.1) is 12.2 Å². The van der Waals surface area contributed by atoms with E-state index in [1.165, 1.54) is 38.5 Å². The molecule has 0 aromatic rings. The molecule has 2 aliphatic heterocycles. The summed E-state index contributed by atoms with van der Waals surface area (Å²) < 4.78 is 6.32. The fraction of sp³-hybridized carbons (Fsp3) is 1.00. The zero-order valence-electron chi connectivity index (χ0n) is 9.45. The maximum atomic E-state index is 5.58. The van der Waals surface area contributed by atoms with Crippen LogP contribution < -0.4 is 0 Å². The van der Waals surface area contributed by atoms with Gasteiger partial charge in [0.2, 0.25) is 0 Å². The molecule has 2 saturated carbocycles. The minimum Gasteiger partial charge on any atom is -0.370 e. The number of rotatable bonds is 2. The van der Waals surface area contributed by atoms with Crippen LogP contribution in [-0.4, -0.2) is 22.2 Å². The van der Waals surface area contributed by atoms with Gasteiger partial charge in [-0.2, -0.15) is 0 Å². The molecule has 2 saturated heterocycles. The molecule has 4 aliphatic rings. The molecule has 2 heteroatoms. The molecule has 0 aromatic heterocycles. The van der Waals surface area contributed by atoms with Crippen LogP contribution in [0.3, 0.4) is 0 Å². The van der Waals surface area contributed by atoms with Crippen LogP contribution in [0.25, 0.3) is 0 Å². The third-order valence-corrected chi connectivity index (χ3v) is 7.34. The van der Waals surface area contributed by atoms with Crippen molar-refractivity contribution < 1.29 is 4.74 Å². The Kier molecular flexibility index (Phi) is 1.84. The molecule has 84 valence electrons. The lowest BCUT2D eigenvalue weighted by atomic mass is 9.70. The number of fused-ring (bicyclic) bond motifs is 2. The summed E-state index contributed by atoms with van der Waals surface area (Å²) in [6.45, 7) is 2.41. The third-order valence-electron chi connectivity index (χ3n) is 5.34. The second-order valence-corrected chi connectivity index (χ2v) is 7.46. The van der Waals surface area contributed by atoms with Crippen LogP contribution in [0.1, 0.15) is 45.4 Å². The molecule has 2 heterocycles. The lowest BCUT2D eigenvalue weighted by Gasteiger charge is -2.34. The molecule has 4 fully saturated rings. The van der Waals surface area contributed by atoms with Gasteiger partial charge in [-0.3, -0.25) is 0 Å². The average molecular weight is 224 g/mol. The summed E-state index contributed by atoms with van der Waals surface area (Å²) in [6.07, 6.45) is 10.1. The molecule has 0 radical (unpaired) electrons. The van der Waals surface area contributed by atoms with E-state index in [0.29, 0.717) is 12.2 Å². The predicted molar refractivity (Wildman–Crippen MR) is 63.1 cm³/mol. The lowest BCUT2D eigenvalue weighted by Crippen LogP contribution is -2.34. The molecule has 0 aromatic carbocycles. The topological polar surface area (TPSA) is 12.5 Å². The molecular formula is C13H20OS. The van der Waals surface area contributed by atoms with E-state index in [0.717, 1.165) is 21.8 Å². The van der Waals surface area contributed by atoms with Gasteiger partial charge in [0.15, 0.2) is 0 Å². The Bertz CT molecular complexity index is 282. The summed E-state index contributed by atoms with van der Waals surface area (Å²) in [7, 11) is 0. The van der Waals surface area contributed by atoms with Crippen molar-refractivity contribution in [1.82, 2.24) is 0 Å². The van der Waals surface area contributed by atoms with Crippen molar-refractivity contribution in [2.24, 2.45) is 11.8 Å². The van der Waals surface area contributed by atoms with E-state index in [9.17, 15) is 0 Å².